The maximum atomic E-state index is 12.7. The van der Waals surface area contributed by atoms with Crippen LogP contribution in [0, 0.1) is 5.92 Å². The minimum Gasteiger partial charge on any atom is -0.493 e. The molecule has 0 radical (unpaired) electrons. The SMILES string of the molecule is CCCOC(=O)CC1C(=O)NCCN1C(=O)CNc1ccc(OCC(C)C)cc1. The number of carbonyl (C=O) groups is 3. The normalized spacial score (nSPS) is 16.3. The van der Waals surface area contributed by atoms with Crippen LogP contribution in [-0.2, 0) is 19.1 Å². The maximum Gasteiger partial charge on any atom is 0.308 e. The van der Waals surface area contributed by atoms with Gasteiger partial charge in [-0.3, -0.25) is 14.4 Å². The monoisotopic (exact) mass is 405 g/mol. The first kappa shape index (κ1) is 22.5. The molecule has 8 heteroatoms. The van der Waals surface area contributed by atoms with E-state index in [1.807, 2.05) is 31.2 Å². The molecule has 0 bridgehead atoms. The molecule has 2 amide bonds. The molecule has 1 aromatic rings. The Balaban J connectivity index is 1.90. The Morgan fingerprint density at radius 2 is 2.00 bits per heavy atom. The van der Waals surface area contributed by atoms with E-state index < -0.39 is 12.0 Å². The number of benzene rings is 1. The van der Waals surface area contributed by atoms with Crippen LogP contribution < -0.4 is 15.4 Å². The third-order valence-electron chi connectivity index (χ3n) is 4.36. The van der Waals surface area contributed by atoms with E-state index in [9.17, 15) is 14.4 Å². The van der Waals surface area contributed by atoms with Gasteiger partial charge in [-0.1, -0.05) is 20.8 Å². The highest BCUT2D eigenvalue weighted by atomic mass is 16.5. The van der Waals surface area contributed by atoms with E-state index in [2.05, 4.69) is 24.5 Å². The van der Waals surface area contributed by atoms with Gasteiger partial charge < -0.3 is 25.0 Å². The minimum atomic E-state index is -0.839. The highest BCUT2D eigenvalue weighted by Gasteiger charge is 2.34. The fraction of sp³-hybridized carbons (Fsp3) is 0.571. The predicted molar refractivity (Wildman–Crippen MR) is 110 cm³/mol. The average Bonchev–Trinajstić information content (AvgIpc) is 2.71. The quantitative estimate of drug-likeness (QED) is 0.576. The molecule has 0 aromatic heterocycles. The summed E-state index contributed by atoms with van der Waals surface area (Å²) in [6.45, 7) is 7.76. The summed E-state index contributed by atoms with van der Waals surface area (Å²) in [6.07, 6.45) is 0.565. The number of hydrogen-bond donors (Lipinski definition) is 2. The van der Waals surface area contributed by atoms with Gasteiger partial charge in [0.1, 0.15) is 11.8 Å². The van der Waals surface area contributed by atoms with Crippen molar-refractivity contribution in [2.45, 2.75) is 39.7 Å². The lowest BCUT2D eigenvalue weighted by Crippen LogP contribution is -2.58. The molecule has 1 aliphatic heterocycles. The van der Waals surface area contributed by atoms with Crippen LogP contribution in [0.4, 0.5) is 5.69 Å². The smallest absolute Gasteiger partial charge is 0.308 e. The minimum absolute atomic E-state index is 0.0278. The zero-order valence-corrected chi connectivity index (χ0v) is 17.4. The Kier molecular flexibility index (Phi) is 8.76. The molecule has 8 nitrogen and oxygen atoms in total. The molecule has 1 aliphatic rings. The molecule has 1 fully saturated rings. The molecule has 2 N–H and O–H groups in total. The number of rotatable bonds is 10. The third-order valence-corrected chi connectivity index (χ3v) is 4.36. The summed E-state index contributed by atoms with van der Waals surface area (Å²) in [5.41, 5.74) is 0.774. The zero-order valence-electron chi connectivity index (χ0n) is 17.4. The molecule has 29 heavy (non-hydrogen) atoms. The molecule has 0 spiro atoms. The first-order valence-corrected chi connectivity index (χ1v) is 10.1. The van der Waals surface area contributed by atoms with Crippen LogP contribution in [0.5, 0.6) is 5.75 Å². The number of amides is 2. The highest BCUT2D eigenvalue weighted by molar-refractivity contribution is 5.93. The molecule has 1 saturated heterocycles. The van der Waals surface area contributed by atoms with E-state index in [1.165, 1.54) is 4.90 Å². The van der Waals surface area contributed by atoms with Crippen molar-refractivity contribution in [3.8, 4) is 5.75 Å². The molecular weight excluding hydrogens is 374 g/mol. The summed E-state index contributed by atoms with van der Waals surface area (Å²) < 4.78 is 10.7. The van der Waals surface area contributed by atoms with E-state index in [-0.39, 0.29) is 24.8 Å². The van der Waals surface area contributed by atoms with Crippen LogP contribution in [0.1, 0.15) is 33.6 Å². The van der Waals surface area contributed by atoms with Crippen LogP contribution in [-0.4, -0.2) is 61.6 Å². The third kappa shape index (κ3) is 7.29. The van der Waals surface area contributed by atoms with Crippen molar-refractivity contribution in [2.24, 2.45) is 5.92 Å². The first-order chi connectivity index (χ1) is 13.9. The number of esters is 1. The molecular formula is C21H31N3O5. The lowest BCUT2D eigenvalue weighted by Gasteiger charge is -2.34. The second-order valence-corrected chi connectivity index (χ2v) is 7.40. The predicted octanol–water partition coefficient (Wildman–Crippen LogP) is 1.80. The topological polar surface area (TPSA) is 97.0 Å². The Hall–Kier alpha value is -2.77. The summed E-state index contributed by atoms with van der Waals surface area (Å²) in [4.78, 5) is 38.2. The summed E-state index contributed by atoms with van der Waals surface area (Å²) >= 11 is 0. The van der Waals surface area contributed by atoms with Gasteiger partial charge in [0.2, 0.25) is 11.8 Å². The van der Waals surface area contributed by atoms with Gasteiger partial charge in [0.05, 0.1) is 26.2 Å². The molecule has 0 saturated carbocycles. The van der Waals surface area contributed by atoms with Crippen molar-refractivity contribution in [2.75, 3.05) is 38.2 Å². The maximum absolute atomic E-state index is 12.7. The summed E-state index contributed by atoms with van der Waals surface area (Å²) in [6, 6.07) is 6.53. The number of carbonyl (C=O) groups excluding carboxylic acids is 3. The van der Waals surface area contributed by atoms with Crippen LogP contribution in [0.2, 0.25) is 0 Å². The molecule has 2 rings (SSSR count). The van der Waals surface area contributed by atoms with Crippen LogP contribution in [0.25, 0.3) is 0 Å². The van der Waals surface area contributed by atoms with Gasteiger partial charge in [-0.2, -0.15) is 0 Å². The largest absolute Gasteiger partial charge is 0.493 e. The Morgan fingerprint density at radius 3 is 2.66 bits per heavy atom. The average molecular weight is 405 g/mol. The fourth-order valence-electron chi connectivity index (χ4n) is 2.86. The molecule has 1 aromatic carbocycles. The van der Waals surface area contributed by atoms with Crippen molar-refractivity contribution < 1.29 is 23.9 Å². The second kappa shape index (κ2) is 11.3. The van der Waals surface area contributed by atoms with E-state index in [4.69, 9.17) is 9.47 Å². The van der Waals surface area contributed by atoms with Gasteiger partial charge >= 0.3 is 5.97 Å². The van der Waals surface area contributed by atoms with Crippen molar-refractivity contribution in [3.05, 3.63) is 24.3 Å². The van der Waals surface area contributed by atoms with Gasteiger partial charge in [-0.05, 0) is 36.6 Å². The molecule has 1 atom stereocenters. The Labute approximate surface area is 171 Å². The summed E-state index contributed by atoms with van der Waals surface area (Å²) in [5, 5.41) is 5.77. The second-order valence-electron chi connectivity index (χ2n) is 7.40. The molecule has 1 heterocycles. The number of nitrogens with zero attached hydrogens (tertiary/aromatic N) is 1. The van der Waals surface area contributed by atoms with Crippen molar-refractivity contribution in [1.82, 2.24) is 10.2 Å². The van der Waals surface area contributed by atoms with Gasteiger partial charge in [0.25, 0.3) is 0 Å². The van der Waals surface area contributed by atoms with E-state index in [0.717, 1.165) is 11.4 Å². The molecule has 160 valence electrons. The number of piperazine rings is 1. The number of hydrogen-bond acceptors (Lipinski definition) is 6. The fourth-order valence-corrected chi connectivity index (χ4v) is 2.86. The van der Waals surface area contributed by atoms with Gasteiger partial charge in [-0.15, -0.1) is 0 Å². The van der Waals surface area contributed by atoms with Gasteiger partial charge in [0, 0.05) is 18.8 Å². The Bertz CT molecular complexity index is 690. The van der Waals surface area contributed by atoms with E-state index in [1.54, 1.807) is 0 Å². The van der Waals surface area contributed by atoms with E-state index >= 15 is 0 Å². The highest BCUT2D eigenvalue weighted by Crippen LogP contribution is 2.17. The lowest BCUT2D eigenvalue weighted by molar-refractivity contribution is -0.151. The van der Waals surface area contributed by atoms with Crippen LogP contribution in [0.3, 0.4) is 0 Å². The van der Waals surface area contributed by atoms with Gasteiger partial charge in [-0.25, -0.2) is 0 Å². The van der Waals surface area contributed by atoms with E-state index in [0.29, 0.717) is 38.6 Å². The van der Waals surface area contributed by atoms with Crippen molar-refractivity contribution >= 4 is 23.5 Å². The lowest BCUT2D eigenvalue weighted by atomic mass is 10.1. The van der Waals surface area contributed by atoms with Gasteiger partial charge in [0.15, 0.2) is 0 Å². The van der Waals surface area contributed by atoms with Crippen LogP contribution in [0.15, 0.2) is 24.3 Å². The number of anilines is 1. The van der Waals surface area contributed by atoms with Crippen molar-refractivity contribution in [1.29, 1.82) is 0 Å². The molecule has 1 unspecified atom stereocenters. The Morgan fingerprint density at radius 1 is 1.28 bits per heavy atom. The zero-order chi connectivity index (χ0) is 21.2. The number of ether oxygens (including phenoxy) is 2. The van der Waals surface area contributed by atoms with Crippen LogP contribution >= 0.6 is 0 Å². The standard InChI is InChI=1S/C21H31N3O5/c1-4-11-28-20(26)12-18-21(27)22-9-10-24(18)19(25)13-23-16-5-7-17(8-6-16)29-14-15(2)3/h5-8,15,18,23H,4,9-14H2,1-3H3,(H,22,27). The molecule has 0 aliphatic carbocycles. The summed E-state index contributed by atoms with van der Waals surface area (Å²) in [7, 11) is 0. The van der Waals surface area contributed by atoms with Crippen molar-refractivity contribution in [3.63, 3.8) is 0 Å². The summed E-state index contributed by atoms with van der Waals surface area (Å²) in [5.74, 6) is 0.169. The first-order valence-electron chi connectivity index (χ1n) is 10.1. The number of nitrogens with one attached hydrogen (secondary N) is 2.